The molecule has 0 aliphatic rings. The molecular weight excluding hydrogens is 244 g/mol. The van der Waals surface area contributed by atoms with Gasteiger partial charge in [0.1, 0.15) is 5.75 Å². The summed E-state index contributed by atoms with van der Waals surface area (Å²) in [5, 5.41) is 18.2. The van der Waals surface area contributed by atoms with Crippen LogP contribution in [0.4, 0.5) is 0 Å². The second-order valence-electron chi connectivity index (χ2n) is 3.56. The van der Waals surface area contributed by atoms with Crippen LogP contribution in [-0.4, -0.2) is 24.4 Å². The molecule has 0 spiro atoms. The second kappa shape index (κ2) is 6.00. The monoisotopic (exact) mass is 260 g/mol. The summed E-state index contributed by atoms with van der Waals surface area (Å²) in [5.41, 5.74) is 0.756. The highest BCUT2D eigenvalue weighted by Gasteiger charge is 2.15. The van der Waals surface area contributed by atoms with E-state index in [2.05, 4.69) is 0 Å². The summed E-state index contributed by atoms with van der Waals surface area (Å²) in [5.74, 6) is -0.00573. The van der Waals surface area contributed by atoms with Crippen LogP contribution < -0.4 is 4.18 Å². The van der Waals surface area contributed by atoms with E-state index in [1.54, 1.807) is 19.1 Å². The molecule has 0 atom stereocenters. The van der Waals surface area contributed by atoms with Gasteiger partial charge in [-0.25, -0.2) is 0 Å². The van der Waals surface area contributed by atoms with E-state index in [0.29, 0.717) is 17.5 Å². The van der Waals surface area contributed by atoms with Gasteiger partial charge in [-0.05, 0) is 18.1 Å². The van der Waals surface area contributed by atoms with Crippen LogP contribution in [0.5, 0.6) is 5.75 Å². The van der Waals surface area contributed by atoms with Gasteiger partial charge in [0.2, 0.25) is 0 Å². The van der Waals surface area contributed by atoms with E-state index in [9.17, 15) is 13.5 Å². The van der Waals surface area contributed by atoms with Crippen LogP contribution in [0.1, 0.15) is 24.5 Å². The minimum atomic E-state index is -3.64. The molecular formula is C11H16O5S. The Morgan fingerprint density at radius 2 is 1.94 bits per heavy atom. The highest BCUT2D eigenvalue weighted by atomic mass is 32.2. The molecule has 17 heavy (non-hydrogen) atoms. The standard InChI is InChI=1S/C11H16O5S/c1-2-6-17(14,15)16-11-5-3-4-9(7-12)10(11)8-13/h3-5,12-13H,2,6-8H2,1H3. The summed E-state index contributed by atoms with van der Waals surface area (Å²) in [6.45, 7) is 1.08. The fourth-order valence-corrected chi connectivity index (χ4v) is 2.46. The highest BCUT2D eigenvalue weighted by molar-refractivity contribution is 7.87. The average molecular weight is 260 g/mol. The van der Waals surface area contributed by atoms with Crippen LogP contribution in [0.2, 0.25) is 0 Å². The number of benzene rings is 1. The molecule has 0 aliphatic heterocycles. The third-order valence-electron chi connectivity index (χ3n) is 2.23. The molecule has 1 aromatic rings. The quantitative estimate of drug-likeness (QED) is 0.739. The first kappa shape index (κ1) is 14.0. The Bertz CT molecular complexity index is 467. The van der Waals surface area contributed by atoms with Crippen molar-refractivity contribution in [2.75, 3.05) is 5.75 Å². The van der Waals surface area contributed by atoms with Crippen molar-refractivity contribution in [3.63, 3.8) is 0 Å². The minimum Gasteiger partial charge on any atom is -0.392 e. The maximum Gasteiger partial charge on any atom is 0.309 e. The summed E-state index contributed by atoms with van der Waals surface area (Å²) < 4.78 is 27.9. The molecule has 0 radical (unpaired) electrons. The molecule has 0 unspecified atom stereocenters. The Hall–Kier alpha value is -1.11. The van der Waals surface area contributed by atoms with Gasteiger partial charge in [-0.15, -0.1) is 0 Å². The Morgan fingerprint density at radius 3 is 2.47 bits per heavy atom. The van der Waals surface area contributed by atoms with Crippen LogP contribution in [0, 0.1) is 0 Å². The van der Waals surface area contributed by atoms with E-state index in [0.717, 1.165) is 0 Å². The van der Waals surface area contributed by atoms with Gasteiger partial charge in [0.15, 0.2) is 0 Å². The van der Waals surface area contributed by atoms with Crippen LogP contribution in [-0.2, 0) is 23.3 Å². The maximum atomic E-state index is 11.5. The van der Waals surface area contributed by atoms with Crippen molar-refractivity contribution in [3.05, 3.63) is 29.3 Å². The Labute approximate surface area is 101 Å². The third-order valence-corrected chi connectivity index (χ3v) is 3.57. The van der Waals surface area contributed by atoms with Gasteiger partial charge in [-0.1, -0.05) is 19.1 Å². The van der Waals surface area contributed by atoms with Gasteiger partial charge < -0.3 is 14.4 Å². The van der Waals surface area contributed by atoms with Crippen molar-refractivity contribution in [3.8, 4) is 5.75 Å². The molecule has 0 amide bonds. The molecule has 0 fully saturated rings. The number of rotatable bonds is 6. The molecule has 0 bridgehead atoms. The highest BCUT2D eigenvalue weighted by Crippen LogP contribution is 2.24. The summed E-state index contributed by atoms with van der Waals surface area (Å²) in [7, 11) is -3.64. The summed E-state index contributed by atoms with van der Waals surface area (Å²) in [6.07, 6.45) is 0.455. The smallest absolute Gasteiger partial charge is 0.309 e. The van der Waals surface area contributed by atoms with E-state index in [1.807, 2.05) is 0 Å². The van der Waals surface area contributed by atoms with E-state index < -0.39 is 10.1 Å². The molecule has 0 saturated heterocycles. The van der Waals surface area contributed by atoms with E-state index in [4.69, 9.17) is 9.29 Å². The molecule has 96 valence electrons. The summed E-state index contributed by atoms with van der Waals surface area (Å²) in [6, 6.07) is 4.63. The fraction of sp³-hybridized carbons (Fsp3) is 0.455. The van der Waals surface area contributed by atoms with Crippen LogP contribution >= 0.6 is 0 Å². The second-order valence-corrected chi connectivity index (χ2v) is 5.25. The van der Waals surface area contributed by atoms with E-state index >= 15 is 0 Å². The predicted octanol–water partition coefficient (Wildman–Crippen LogP) is 0.790. The van der Waals surface area contributed by atoms with Gasteiger partial charge in [0.25, 0.3) is 0 Å². The van der Waals surface area contributed by atoms with Gasteiger partial charge in [0, 0.05) is 5.56 Å². The first-order chi connectivity index (χ1) is 8.04. The number of hydrogen-bond acceptors (Lipinski definition) is 5. The van der Waals surface area contributed by atoms with Gasteiger partial charge in [0.05, 0.1) is 19.0 Å². The van der Waals surface area contributed by atoms with E-state index in [-0.39, 0.29) is 24.7 Å². The Morgan fingerprint density at radius 1 is 1.24 bits per heavy atom. The Kier molecular flexibility index (Phi) is 4.92. The average Bonchev–Trinajstić information content (AvgIpc) is 2.27. The van der Waals surface area contributed by atoms with Crippen molar-refractivity contribution in [1.29, 1.82) is 0 Å². The first-order valence-electron chi connectivity index (χ1n) is 5.28. The molecule has 0 aromatic heterocycles. The molecule has 0 heterocycles. The lowest BCUT2D eigenvalue weighted by Gasteiger charge is -2.12. The van der Waals surface area contributed by atoms with E-state index in [1.165, 1.54) is 6.07 Å². The molecule has 1 rings (SSSR count). The topological polar surface area (TPSA) is 83.8 Å². The van der Waals surface area contributed by atoms with Crippen molar-refractivity contribution >= 4 is 10.1 Å². The molecule has 2 N–H and O–H groups in total. The molecule has 0 saturated carbocycles. The van der Waals surface area contributed by atoms with Gasteiger partial charge in [-0.2, -0.15) is 8.42 Å². The number of hydrogen-bond donors (Lipinski definition) is 2. The normalized spacial score (nSPS) is 11.5. The molecule has 6 heteroatoms. The molecule has 5 nitrogen and oxygen atoms in total. The lowest BCUT2D eigenvalue weighted by molar-refractivity contribution is 0.257. The van der Waals surface area contributed by atoms with Gasteiger partial charge in [-0.3, -0.25) is 0 Å². The van der Waals surface area contributed by atoms with Crippen molar-refractivity contribution in [1.82, 2.24) is 0 Å². The van der Waals surface area contributed by atoms with Crippen LogP contribution in [0.3, 0.4) is 0 Å². The lowest BCUT2D eigenvalue weighted by Crippen LogP contribution is -2.14. The third kappa shape index (κ3) is 3.69. The minimum absolute atomic E-state index is 0.0764. The summed E-state index contributed by atoms with van der Waals surface area (Å²) >= 11 is 0. The molecule has 1 aromatic carbocycles. The van der Waals surface area contributed by atoms with Gasteiger partial charge >= 0.3 is 10.1 Å². The Balaban J connectivity index is 3.06. The summed E-state index contributed by atoms with van der Waals surface area (Å²) in [4.78, 5) is 0. The lowest BCUT2D eigenvalue weighted by atomic mass is 10.1. The SMILES string of the molecule is CCCS(=O)(=O)Oc1cccc(CO)c1CO. The first-order valence-corrected chi connectivity index (χ1v) is 6.86. The fourth-order valence-electron chi connectivity index (χ4n) is 1.45. The van der Waals surface area contributed by atoms with Crippen molar-refractivity contribution in [2.45, 2.75) is 26.6 Å². The van der Waals surface area contributed by atoms with Crippen LogP contribution in [0.15, 0.2) is 18.2 Å². The van der Waals surface area contributed by atoms with Crippen LogP contribution in [0.25, 0.3) is 0 Å². The number of aliphatic hydroxyl groups excluding tert-OH is 2. The van der Waals surface area contributed by atoms with Crippen molar-refractivity contribution < 1.29 is 22.8 Å². The maximum absolute atomic E-state index is 11.5. The number of aliphatic hydroxyl groups is 2. The zero-order chi connectivity index (χ0) is 12.9. The largest absolute Gasteiger partial charge is 0.392 e. The molecule has 0 aliphatic carbocycles. The zero-order valence-electron chi connectivity index (χ0n) is 9.59. The predicted molar refractivity (Wildman–Crippen MR) is 63.0 cm³/mol. The van der Waals surface area contributed by atoms with Crippen molar-refractivity contribution in [2.24, 2.45) is 0 Å². The zero-order valence-corrected chi connectivity index (χ0v) is 10.4.